The van der Waals surface area contributed by atoms with Crippen LogP contribution in [0.15, 0.2) is 12.2 Å². The minimum absolute atomic E-state index is 0.0503. The van der Waals surface area contributed by atoms with Crippen molar-refractivity contribution in [3.05, 3.63) is 12.2 Å². The SMILES string of the molecule is CCOC(=O)/C=C/CCCC[C@H]1OC2(CCCCCCCCCCCCCCCOCC(N)COS(=O)(=O)O)CCC(O)C1O2. The zero-order valence-electron chi connectivity index (χ0n) is 27.6. The third kappa shape index (κ3) is 18.7. The van der Waals surface area contributed by atoms with E-state index in [0.717, 1.165) is 64.2 Å². The Kier molecular flexibility index (Phi) is 20.7. The highest BCUT2D eigenvalue weighted by molar-refractivity contribution is 7.80. The molecule has 2 heterocycles. The lowest BCUT2D eigenvalue weighted by Crippen LogP contribution is -2.41. The van der Waals surface area contributed by atoms with E-state index in [1.165, 1.54) is 70.3 Å². The van der Waals surface area contributed by atoms with Crippen LogP contribution in [0, 0.1) is 0 Å². The summed E-state index contributed by atoms with van der Waals surface area (Å²) in [5, 5.41) is 10.5. The number of hydrogen-bond acceptors (Lipinski definition) is 10. The molecule has 4 unspecified atom stereocenters. The van der Waals surface area contributed by atoms with E-state index in [4.69, 9.17) is 29.2 Å². The summed E-state index contributed by atoms with van der Waals surface area (Å²) in [5.74, 6) is -0.803. The quantitative estimate of drug-likeness (QED) is 0.0394. The van der Waals surface area contributed by atoms with Gasteiger partial charge in [-0.3, -0.25) is 4.55 Å². The van der Waals surface area contributed by atoms with Crippen molar-refractivity contribution in [2.75, 3.05) is 26.4 Å². The van der Waals surface area contributed by atoms with Crippen molar-refractivity contribution < 1.29 is 46.0 Å². The first-order valence-corrected chi connectivity index (χ1v) is 18.8. The maximum absolute atomic E-state index is 11.4. The topological polar surface area (TPSA) is 164 Å². The largest absolute Gasteiger partial charge is 0.463 e. The van der Waals surface area contributed by atoms with Crippen molar-refractivity contribution in [1.29, 1.82) is 0 Å². The number of carbonyl (C=O) groups excluding carboxylic acids is 1. The van der Waals surface area contributed by atoms with E-state index >= 15 is 0 Å². The van der Waals surface area contributed by atoms with Crippen LogP contribution in [-0.2, 0) is 38.3 Å². The van der Waals surface area contributed by atoms with Crippen LogP contribution in [0.3, 0.4) is 0 Å². The van der Waals surface area contributed by atoms with E-state index in [2.05, 4.69) is 4.18 Å². The lowest BCUT2D eigenvalue weighted by atomic mass is 9.94. The summed E-state index contributed by atoms with van der Waals surface area (Å²) in [6.07, 6.45) is 24.4. The molecule has 2 saturated heterocycles. The predicted molar refractivity (Wildman–Crippen MR) is 173 cm³/mol. The summed E-state index contributed by atoms with van der Waals surface area (Å²) in [7, 11) is -4.45. The molecular formula is C33H61NO10S. The first-order chi connectivity index (χ1) is 21.6. The second-order valence-corrected chi connectivity index (χ2v) is 13.7. The summed E-state index contributed by atoms with van der Waals surface area (Å²) in [6, 6.07) is -0.584. The molecule has 12 heteroatoms. The molecule has 5 atom stereocenters. The second kappa shape index (κ2) is 23.2. The summed E-state index contributed by atoms with van der Waals surface area (Å²) >= 11 is 0. The first kappa shape index (κ1) is 40.1. The van der Waals surface area contributed by atoms with Gasteiger partial charge >= 0.3 is 16.4 Å². The van der Waals surface area contributed by atoms with Gasteiger partial charge in [0.25, 0.3) is 0 Å². The van der Waals surface area contributed by atoms with Crippen LogP contribution in [0.1, 0.15) is 135 Å². The van der Waals surface area contributed by atoms with E-state index in [-0.39, 0.29) is 31.4 Å². The van der Waals surface area contributed by atoms with Crippen molar-refractivity contribution in [3.8, 4) is 0 Å². The third-order valence-electron chi connectivity index (χ3n) is 8.54. The monoisotopic (exact) mass is 663 g/mol. The van der Waals surface area contributed by atoms with Crippen molar-refractivity contribution in [1.82, 2.24) is 0 Å². The van der Waals surface area contributed by atoms with Gasteiger partial charge in [-0.05, 0) is 45.4 Å². The Hall–Kier alpha value is -1.12. The fourth-order valence-electron chi connectivity index (χ4n) is 6.11. The highest BCUT2D eigenvalue weighted by atomic mass is 32.3. The molecular weight excluding hydrogens is 602 g/mol. The van der Waals surface area contributed by atoms with Crippen LogP contribution in [0.5, 0.6) is 0 Å². The zero-order chi connectivity index (χ0) is 32.8. The minimum atomic E-state index is -4.45. The van der Waals surface area contributed by atoms with Gasteiger partial charge in [0, 0.05) is 25.5 Å². The number of ether oxygens (including phenoxy) is 4. The maximum atomic E-state index is 11.4. The molecule has 2 fully saturated rings. The van der Waals surface area contributed by atoms with E-state index in [9.17, 15) is 18.3 Å². The molecule has 45 heavy (non-hydrogen) atoms. The average Bonchev–Trinajstić information content (AvgIpc) is 3.30. The van der Waals surface area contributed by atoms with E-state index < -0.39 is 28.3 Å². The maximum Gasteiger partial charge on any atom is 0.397 e. The molecule has 0 saturated carbocycles. The molecule has 0 aromatic rings. The van der Waals surface area contributed by atoms with Gasteiger partial charge in [0.2, 0.25) is 0 Å². The molecule has 0 spiro atoms. The molecule has 264 valence electrons. The Bertz CT molecular complexity index is 917. The van der Waals surface area contributed by atoms with Gasteiger partial charge in [0.05, 0.1) is 38.1 Å². The van der Waals surface area contributed by atoms with Crippen LogP contribution in [-0.4, -0.2) is 80.6 Å². The van der Waals surface area contributed by atoms with Gasteiger partial charge in [0.15, 0.2) is 5.79 Å². The number of esters is 1. The number of fused-ring (bicyclic) bond motifs is 2. The number of hydrogen-bond donors (Lipinski definition) is 3. The Morgan fingerprint density at radius 2 is 1.56 bits per heavy atom. The lowest BCUT2D eigenvalue weighted by molar-refractivity contribution is -0.214. The fraction of sp³-hybridized carbons (Fsp3) is 0.909. The zero-order valence-corrected chi connectivity index (χ0v) is 28.4. The van der Waals surface area contributed by atoms with Gasteiger partial charge in [0.1, 0.15) is 6.10 Å². The highest BCUT2D eigenvalue weighted by Gasteiger charge is 2.52. The van der Waals surface area contributed by atoms with Crippen LogP contribution in [0.4, 0.5) is 0 Å². The Balaban J connectivity index is 1.39. The molecule has 2 rings (SSSR count). The summed E-state index contributed by atoms with van der Waals surface area (Å²) in [6.45, 7) is 2.69. The molecule has 0 radical (unpaired) electrons. The molecule has 4 N–H and O–H groups in total. The molecule has 2 aliphatic heterocycles. The van der Waals surface area contributed by atoms with Gasteiger partial charge in [-0.1, -0.05) is 83.1 Å². The number of unbranched alkanes of at least 4 members (excludes halogenated alkanes) is 14. The molecule has 0 aliphatic carbocycles. The number of allylic oxidation sites excluding steroid dienone is 1. The average molecular weight is 664 g/mol. The first-order valence-electron chi connectivity index (χ1n) is 17.5. The third-order valence-corrected chi connectivity index (χ3v) is 8.98. The molecule has 0 amide bonds. The van der Waals surface area contributed by atoms with Crippen LogP contribution in [0.25, 0.3) is 0 Å². The standard InChI is InChI=1S/C33H61NO10S/c1-2-41-31(36)21-17-13-12-16-20-30-32-29(35)22-24-33(43-30,44-32)23-18-14-10-8-6-4-3-5-7-9-11-15-19-25-40-26-28(34)27-42-45(37,38)39/h17,21,28-30,32,35H,2-16,18-20,22-27,34H2,1H3,(H,37,38,39)/b21-17+/t28?,29?,30-,32?,33?/m1/s1. The van der Waals surface area contributed by atoms with Crippen molar-refractivity contribution in [2.24, 2.45) is 5.73 Å². The smallest absolute Gasteiger partial charge is 0.397 e. The van der Waals surface area contributed by atoms with E-state index in [1.807, 2.05) is 6.08 Å². The van der Waals surface area contributed by atoms with E-state index in [0.29, 0.717) is 13.2 Å². The summed E-state index contributed by atoms with van der Waals surface area (Å²) in [4.78, 5) is 11.4. The van der Waals surface area contributed by atoms with Crippen molar-refractivity contribution in [2.45, 2.75) is 165 Å². The van der Waals surface area contributed by atoms with E-state index in [1.54, 1.807) is 6.92 Å². The lowest BCUT2D eigenvalue weighted by Gasteiger charge is -2.33. The van der Waals surface area contributed by atoms with Gasteiger partial charge in [-0.2, -0.15) is 8.42 Å². The Morgan fingerprint density at radius 1 is 0.933 bits per heavy atom. The molecule has 0 aromatic carbocycles. The number of rotatable bonds is 28. The highest BCUT2D eigenvalue weighted by Crippen LogP contribution is 2.44. The van der Waals surface area contributed by atoms with Crippen molar-refractivity contribution in [3.63, 3.8) is 0 Å². The van der Waals surface area contributed by atoms with Crippen LogP contribution < -0.4 is 5.73 Å². The van der Waals surface area contributed by atoms with Crippen LogP contribution >= 0.6 is 0 Å². The molecule has 11 nitrogen and oxygen atoms in total. The minimum Gasteiger partial charge on any atom is -0.463 e. The molecule has 0 aromatic heterocycles. The predicted octanol–water partition coefficient (Wildman–Crippen LogP) is 5.93. The van der Waals surface area contributed by atoms with Crippen LogP contribution in [0.2, 0.25) is 0 Å². The van der Waals surface area contributed by atoms with Gasteiger partial charge < -0.3 is 29.8 Å². The molecule has 2 aliphatic rings. The summed E-state index contributed by atoms with van der Waals surface area (Å²) in [5.41, 5.74) is 5.67. The fourth-order valence-corrected chi connectivity index (χ4v) is 6.46. The van der Waals surface area contributed by atoms with Crippen molar-refractivity contribution >= 4 is 16.4 Å². The number of aliphatic hydroxyl groups is 1. The number of carbonyl (C=O) groups is 1. The van der Waals surface area contributed by atoms with Gasteiger partial charge in [-0.25, -0.2) is 8.98 Å². The molecule has 2 bridgehead atoms. The number of aliphatic hydroxyl groups excluding tert-OH is 1. The normalized spacial score (nSPS) is 24.0. The Morgan fingerprint density at radius 3 is 2.18 bits per heavy atom. The second-order valence-electron chi connectivity index (χ2n) is 12.6. The number of nitrogens with two attached hydrogens (primary N) is 1. The summed E-state index contributed by atoms with van der Waals surface area (Å²) < 4.78 is 56.9. The van der Waals surface area contributed by atoms with Gasteiger partial charge in [-0.15, -0.1) is 0 Å². The Labute approximate surface area is 271 Å².